The summed E-state index contributed by atoms with van der Waals surface area (Å²) in [6.45, 7) is 4.58. The Morgan fingerprint density at radius 1 is 1.16 bits per heavy atom. The van der Waals surface area contributed by atoms with Gasteiger partial charge in [-0.3, -0.25) is 4.99 Å². The molecule has 0 bridgehead atoms. The number of carbonyl (C=O) groups is 1. The molecule has 0 amide bonds. The number of carboxylic acid groups (broad SMARTS) is 1. The van der Waals surface area contributed by atoms with E-state index in [-0.39, 0.29) is 11.7 Å². The molecule has 0 spiro atoms. The topological polar surface area (TPSA) is 77.4 Å². The summed E-state index contributed by atoms with van der Waals surface area (Å²) in [7, 11) is 0. The number of halogens is 1. The van der Waals surface area contributed by atoms with E-state index in [0.29, 0.717) is 12.2 Å². The molecule has 0 unspecified atom stereocenters. The lowest BCUT2D eigenvalue weighted by Gasteiger charge is -2.38. The van der Waals surface area contributed by atoms with Crippen LogP contribution in [0, 0.1) is 0 Å². The molecule has 2 aliphatic heterocycles. The fourth-order valence-corrected chi connectivity index (χ4v) is 4.18. The molecule has 2 heterocycles. The number of piperazine rings is 1. The molecule has 164 valence electrons. The van der Waals surface area contributed by atoms with Gasteiger partial charge in [-0.05, 0) is 43.2 Å². The zero-order valence-corrected chi connectivity index (χ0v) is 18.1. The van der Waals surface area contributed by atoms with E-state index in [1.807, 2.05) is 30.3 Å². The highest BCUT2D eigenvalue weighted by atomic mass is 35.5. The highest BCUT2D eigenvalue weighted by Gasteiger charge is 2.23. The standard InChI is InChI=1S/C23H27ClN4O3/c24-20-8-1-2-9-21(20)27-10-12-28(13-11-27)23(25-16-19-7-4-14-31-19)26-18-6-3-5-17(15-18)22(29)30/h1-3,5-6,8-9,15,19H,4,7,10-14,16H2,(H,25,26)(H,29,30)/t19-/m1/s1. The van der Waals surface area contributed by atoms with Crippen LogP contribution in [0.2, 0.25) is 5.02 Å². The van der Waals surface area contributed by atoms with Gasteiger partial charge in [0.25, 0.3) is 0 Å². The van der Waals surface area contributed by atoms with Crippen molar-refractivity contribution in [3.63, 3.8) is 0 Å². The van der Waals surface area contributed by atoms with Gasteiger partial charge in [-0.25, -0.2) is 4.79 Å². The Balaban J connectivity index is 1.48. The summed E-state index contributed by atoms with van der Waals surface area (Å²) >= 11 is 6.37. The van der Waals surface area contributed by atoms with Gasteiger partial charge in [0.05, 0.1) is 28.9 Å². The second kappa shape index (κ2) is 10.0. The average Bonchev–Trinajstić information content (AvgIpc) is 3.31. The fraction of sp³-hybridized carbons (Fsp3) is 0.391. The lowest BCUT2D eigenvalue weighted by molar-refractivity contribution is 0.0697. The summed E-state index contributed by atoms with van der Waals surface area (Å²) in [6.07, 6.45) is 2.23. The first-order valence-corrected chi connectivity index (χ1v) is 11.0. The van der Waals surface area contributed by atoms with Gasteiger partial charge in [0, 0.05) is 38.5 Å². The number of nitrogens with one attached hydrogen (secondary N) is 1. The van der Waals surface area contributed by atoms with E-state index < -0.39 is 5.97 Å². The Bertz CT molecular complexity index is 938. The number of aliphatic imine (C=N–C) groups is 1. The van der Waals surface area contributed by atoms with Crippen LogP contribution in [0.4, 0.5) is 11.4 Å². The molecule has 0 saturated carbocycles. The largest absolute Gasteiger partial charge is 0.478 e. The number of nitrogens with zero attached hydrogens (tertiary/aromatic N) is 3. The van der Waals surface area contributed by atoms with Crippen LogP contribution in [0.15, 0.2) is 53.5 Å². The zero-order valence-electron chi connectivity index (χ0n) is 17.3. The number of guanidine groups is 1. The van der Waals surface area contributed by atoms with E-state index >= 15 is 0 Å². The van der Waals surface area contributed by atoms with Crippen LogP contribution in [-0.4, -0.2) is 67.4 Å². The highest BCUT2D eigenvalue weighted by Crippen LogP contribution is 2.26. The molecule has 2 aliphatic rings. The van der Waals surface area contributed by atoms with Crippen molar-refractivity contribution in [1.82, 2.24) is 4.90 Å². The smallest absolute Gasteiger partial charge is 0.335 e. The van der Waals surface area contributed by atoms with E-state index in [1.54, 1.807) is 18.2 Å². The molecular weight excluding hydrogens is 416 g/mol. The van der Waals surface area contributed by atoms with Gasteiger partial charge >= 0.3 is 5.97 Å². The van der Waals surface area contributed by atoms with Crippen LogP contribution in [0.3, 0.4) is 0 Å². The van der Waals surface area contributed by atoms with Crippen molar-refractivity contribution in [2.45, 2.75) is 18.9 Å². The van der Waals surface area contributed by atoms with Crippen LogP contribution in [0.5, 0.6) is 0 Å². The number of hydrogen-bond acceptors (Lipinski definition) is 4. The van der Waals surface area contributed by atoms with E-state index in [4.69, 9.17) is 21.3 Å². The second-order valence-electron chi connectivity index (χ2n) is 7.74. The number of benzene rings is 2. The average molecular weight is 443 g/mol. The van der Waals surface area contributed by atoms with E-state index in [0.717, 1.165) is 62.3 Å². The van der Waals surface area contributed by atoms with Crippen molar-refractivity contribution < 1.29 is 14.6 Å². The molecule has 2 aromatic rings. The molecule has 0 radical (unpaired) electrons. The van der Waals surface area contributed by atoms with Crippen molar-refractivity contribution in [3.05, 3.63) is 59.1 Å². The zero-order chi connectivity index (χ0) is 21.6. The summed E-state index contributed by atoms with van der Waals surface area (Å²) in [5.74, 6) is -0.202. The summed E-state index contributed by atoms with van der Waals surface area (Å²) < 4.78 is 5.73. The first kappa shape index (κ1) is 21.5. The predicted molar refractivity (Wildman–Crippen MR) is 124 cm³/mol. The molecular formula is C23H27ClN4O3. The number of hydrogen-bond donors (Lipinski definition) is 2. The van der Waals surface area contributed by atoms with Gasteiger partial charge in [-0.15, -0.1) is 0 Å². The number of aromatic carboxylic acids is 1. The maximum absolute atomic E-state index is 11.3. The molecule has 2 N–H and O–H groups in total. The van der Waals surface area contributed by atoms with Gasteiger partial charge in [-0.1, -0.05) is 29.8 Å². The molecule has 2 aromatic carbocycles. The van der Waals surface area contributed by atoms with Crippen LogP contribution < -0.4 is 10.2 Å². The number of ether oxygens (including phenoxy) is 1. The SMILES string of the molecule is O=C(O)c1cccc(NC(=NC[C@H]2CCCO2)N2CCN(c3ccccc3Cl)CC2)c1. The molecule has 2 fully saturated rings. The van der Waals surface area contributed by atoms with Gasteiger partial charge in [-0.2, -0.15) is 0 Å². The molecule has 8 heteroatoms. The van der Waals surface area contributed by atoms with Crippen molar-refractivity contribution in [2.75, 3.05) is 49.5 Å². The van der Waals surface area contributed by atoms with Crippen LogP contribution in [0.1, 0.15) is 23.2 Å². The van der Waals surface area contributed by atoms with E-state index in [2.05, 4.69) is 15.1 Å². The highest BCUT2D eigenvalue weighted by molar-refractivity contribution is 6.33. The lowest BCUT2D eigenvalue weighted by atomic mass is 10.2. The summed E-state index contributed by atoms with van der Waals surface area (Å²) in [6, 6.07) is 14.7. The van der Waals surface area contributed by atoms with Crippen molar-refractivity contribution >= 4 is 34.9 Å². The van der Waals surface area contributed by atoms with E-state index in [9.17, 15) is 9.90 Å². The van der Waals surface area contributed by atoms with Crippen molar-refractivity contribution in [1.29, 1.82) is 0 Å². The molecule has 2 saturated heterocycles. The third kappa shape index (κ3) is 5.48. The van der Waals surface area contributed by atoms with Crippen LogP contribution in [0.25, 0.3) is 0 Å². The van der Waals surface area contributed by atoms with Crippen LogP contribution in [-0.2, 0) is 4.74 Å². The Hall–Kier alpha value is -2.77. The summed E-state index contributed by atoms with van der Waals surface area (Å²) in [4.78, 5) is 20.6. The quantitative estimate of drug-likeness (QED) is 0.541. The molecule has 0 aliphatic carbocycles. The minimum atomic E-state index is -0.949. The van der Waals surface area contributed by atoms with E-state index in [1.165, 1.54) is 0 Å². The normalized spacial score (nSPS) is 19.5. The Morgan fingerprint density at radius 3 is 2.68 bits per heavy atom. The maximum atomic E-state index is 11.3. The number of anilines is 2. The molecule has 0 aromatic heterocycles. The van der Waals surface area contributed by atoms with Crippen LogP contribution >= 0.6 is 11.6 Å². The molecule has 31 heavy (non-hydrogen) atoms. The second-order valence-corrected chi connectivity index (χ2v) is 8.14. The van der Waals surface area contributed by atoms with Crippen molar-refractivity contribution in [2.24, 2.45) is 4.99 Å². The molecule has 7 nitrogen and oxygen atoms in total. The van der Waals surface area contributed by atoms with Gasteiger partial charge in [0.1, 0.15) is 0 Å². The number of para-hydroxylation sites is 1. The first-order chi connectivity index (χ1) is 15.1. The third-order valence-electron chi connectivity index (χ3n) is 5.61. The summed E-state index contributed by atoms with van der Waals surface area (Å²) in [5.41, 5.74) is 2.00. The van der Waals surface area contributed by atoms with Gasteiger partial charge < -0.3 is 25.0 Å². The Kier molecular flexibility index (Phi) is 6.94. The number of carboxylic acids is 1. The maximum Gasteiger partial charge on any atom is 0.335 e. The summed E-state index contributed by atoms with van der Waals surface area (Å²) in [5, 5.41) is 13.4. The van der Waals surface area contributed by atoms with Gasteiger partial charge in [0.15, 0.2) is 5.96 Å². The minimum Gasteiger partial charge on any atom is -0.478 e. The predicted octanol–water partition coefficient (Wildman–Crippen LogP) is 3.81. The molecule has 1 atom stereocenters. The van der Waals surface area contributed by atoms with Crippen molar-refractivity contribution in [3.8, 4) is 0 Å². The Morgan fingerprint density at radius 2 is 1.97 bits per heavy atom. The fourth-order valence-electron chi connectivity index (χ4n) is 3.92. The Labute approximate surface area is 187 Å². The first-order valence-electron chi connectivity index (χ1n) is 10.6. The lowest BCUT2D eigenvalue weighted by Crippen LogP contribution is -2.51. The third-order valence-corrected chi connectivity index (χ3v) is 5.93. The molecule has 4 rings (SSSR count). The minimum absolute atomic E-state index is 0.145. The monoisotopic (exact) mass is 442 g/mol. The number of rotatable bonds is 5. The van der Waals surface area contributed by atoms with Gasteiger partial charge in [0.2, 0.25) is 0 Å².